The van der Waals surface area contributed by atoms with E-state index in [-0.39, 0.29) is 0 Å². The van der Waals surface area contributed by atoms with E-state index in [9.17, 15) is 0 Å². The molecule has 0 aliphatic heterocycles. The summed E-state index contributed by atoms with van der Waals surface area (Å²) in [6.45, 7) is 3.99. The van der Waals surface area contributed by atoms with Gasteiger partial charge in [-0.05, 0) is 25.5 Å². The first-order chi connectivity index (χ1) is 10.6. The Labute approximate surface area is 132 Å². The quantitative estimate of drug-likeness (QED) is 0.495. The van der Waals surface area contributed by atoms with Gasteiger partial charge < -0.3 is 0 Å². The highest BCUT2D eigenvalue weighted by Crippen LogP contribution is 2.30. The second-order valence-corrected chi connectivity index (χ2v) is 5.78. The molecule has 4 rings (SSSR count). The Bertz CT molecular complexity index is 1020. The molecule has 0 fully saturated rings. The average molecular weight is 309 g/mol. The zero-order chi connectivity index (χ0) is 15.3. The summed E-state index contributed by atoms with van der Waals surface area (Å²) in [7, 11) is 0. The number of fused-ring (bicyclic) bond motifs is 3. The van der Waals surface area contributed by atoms with Crippen molar-refractivity contribution in [1.82, 2.24) is 19.6 Å². The van der Waals surface area contributed by atoms with Crippen LogP contribution < -0.4 is 0 Å². The zero-order valence-corrected chi connectivity index (χ0v) is 13.0. The maximum absolute atomic E-state index is 6.42. The molecule has 0 spiro atoms. The summed E-state index contributed by atoms with van der Waals surface area (Å²) in [5, 5.41) is 5.82. The molecule has 0 saturated carbocycles. The van der Waals surface area contributed by atoms with Crippen LogP contribution in [-0.2, 0) is 0 Å². The van der Waals surface area contributed by atoms with Crippen LogP contribution in [0.2, 0.25) is 5.15 Å². The summed E-state index contributed by atoms with van der Waals surface area (Å²) >= 11 is 6.42. The van der Waals surface area contributed by atoms with E-state index in [1.165, 1.54) is 5.56 Å². The molecule has 0 radical (unpaired) electrons. The number of hydrogen-bond donors (Lipinski definition) is 0. The molecule has 1 aromatic carbocycles. The maximum Gasteiger partial charge on any atom is 0.166 e. The molecule has 0 bridgehead atoms. The molecule has 4 aromatic rings. The molecule has 3 heterocycles. The minimum atomic E-state index is 0.471. The van der Waals surface area contributed by atoms with E-state index in [0.717, 1.165) is 33.5 Å². The number of aromatic nitrogens is 4. The fourth-order valence-corrected chi connectivity index (χ4v) is 2.89. The topological polar surface area (TPSA) is 43.1 Å². The van der Waals surface area contributed by atoms with E-state index in [2.05, 4.69) is 34.1 Å². The van der Waals surface area contributed by atoms with E-state index >= 15 is 0 Å². The maximum atomic E-state index is 6.42. The van der Waals surface area contributed by atoms with Crippen LogP contribution in [0.1, 0.15) is 11.3 Å². The third-order valence-corrected chi connectivity index (χ3v) is 3.95. The van der Waals surface area contributed by atoms with Crippen molar-refractivity contribution >= 4 is 28.3 Å². The third-order valence-electron chi connectivity index (χ3n) is 3.66. The van der Waals surface area contributed by atoms with Gasteiger partial charge in [-0.1, -0.05) is 41.4 Å². The summed E-state index contributed by atoms with van der Waals surface area (Å²) in [6.07, 6.45) is 1.81. The number of rotatable bonds is 1. The van der Waals surface area contributed by atoms with Gasteiger partial charge in [0.05, 0.1) is 5.69 Å². The van der Waals surface area contributed by atoms with Crippen LogP contribution in [0, 0.1) is 13.8 Å². The van der Waals surface area contributed by atoms with Crippen molar-refractivity contribution in [2.45, 2.75) is 13.8 Å². The van der Waals surface area contributed by atoms with Crippen LogP contribution in [0.3, 0.4) is 0 Å². The van der Waals surface area contributed by atoms with Gasteiger partial charge in [0.2, 0.25) is 0 Å². The van der Waals surface area contributed by atoms with Crippen LogP contribution in [0.4, 0.5) is 0 Å². The molecule has 22 heavy (non-hydrogen) atoms. The summed E-state index contributed by atoms with van der Waals surface area (Å²) in [4.78, 5) is 8.98. The second kappa shape index (κ2) is 4.78. The van der Waals surface area contributed by atoms with Gasteiger partial charge in [0.1, 0.15) is 5.15 Å². The lowest BCUT2D eigenvalue weighted by molar-refractivity contribution is 0.939. The van der Waals surface area contributed by atoms with Crippen molar-refractivity contribution in [1.29, 1.82) is 0 Å². The van der Waals surface area contributed by atoms with Crippen molar-refractivity contribution in [2.24, 2.45) is 0 Å². The SMILES string of the molecule is Cc1cccc(-c2cc3cnc4cc(C)nn4c3nc2Cl)c1. The van der Waals surface area contributed by atoms with E-state index in [4.69, 9.17) is 11.6 Å². The highest BCUT2D eigenvalue weighted by Gasteiger charge is 2.11. The Morgan fingerprint density at radius 1 is 1.09 bits per heavy atom. The van der Waals surface area contributed by atoms with Crippen LogP contribution in [0.15, 0.2) is 42.6 Å². The Morgan fingerprint density at radius 2 is 1.95 bits per heavy atom. The van der Waals surface area contributed by atoms with Gasteiger partial charge in [0, 0.05) is 23.2 Å². The van der Waals surface area contributed by atoms with E-state index < -0.39 is 0 Å². The van der Waals surface area contributed by atoms with E-state index in [0.29, 0.717) is 5.15 Å². The smallest absolute Gasteiger partial charge is 0.166 e. The van der Waals surface area contributed by atoms with Crippen molar-refractivity contribution in [3.8, 4) is 11.1 Å². The summed E-state index contributed by atoms with van der Waals surface area (Å²) < 4.78 is 1.73. The monoisotopic (exact) mass is 308 g/mol. The predicted molar refractivity (Wildman–Crippen MR) is 88.2 cm³/mol. The molecule has 0 saturated heterocycles. The minimum Gasteiger partial charge on any atom is -0.236 e. The summed E-state index contributed by atoms with van der Waals surface area (Å²) in [6, 6.07) is 12.1. The fraction of sp³-hybridized carbons (Fsp3) is 0.118. The van der Waals surface area contributed by atoms with Crippen LogP contribution in [0.25, 0.3) is 27.8 Å². The van der Waals surface area contributed by atoms with Gasteiger partial charge in [-0.3, -0.25) is 0 Å². The molecule has 0 atom stereocenters. The van der Waals surface area contributed by atoms with E-state index in [1.54, 1.807) is 4.52 Å². The van der Waals surface area contributed by atoms with Gasteiger partial charge >= 0.3 is 0 Å². The zero-order valence-electron chi connectivity index (χ0n) is 12.2. The summed E-state index contributed by atoms with van der Waals surface area (Å²) in [5.41, 5.74) is 5.54. The first-order valence-electron chi connectivity index (χ1n) is 7.00. The van der Waals surface area contributed by atoms with Crippen LogP contribution >= 0.6 is 11.6 Å². The number of hydrogen-bond acceptors (Lipinski definition) is 3. The van der Waals surface area contributed by atoms with Crippen molar-refractivity contribution in [3.63, 3.8) is 0 Å². The average Bonchev–Trinajstić information content (AvgIpc) is 2.87. The summed E-state index contributed by atoms with van der Waals surface area (Å²) in [5.74, 6) is 0. The Hall–Kier alpha value is -2.46. The molecule has 0 unspecified atom stereocenters. The lowest BCUT2D eigenvalue weighted by atomic mass is 10.0. The molecule has 0 amide bonds. The van der Waals surface area contributed by atoms with Crippen molar-refractivity contribution in [3.05, 3.63) is 59.0 Å². The first kappa shape index (κ1) is 13.2. The van der Waals surface area contributed by atoms with Gasteiger partial charge in [-0.2, -0.15) is 9.61 Å². The van der Waals surface area contributed by atoms with Crippen molar-refractivity contribution in [2.75, 3.05) is 0 Å². The van der Waals surface area contributed by atoms with Crippen LogP contribution in [-0.4, -0.2) is 19.6 Å². The van der Waals surface area contributed by atoms with Crippen LogP contribution in [0.5, 0.6) is 0 Å². The van der Waals surface area contributed by atoms with Gasteiger partial charge in [0.25, 0.3) is 0 Å². The lowest BCUT2D eigenvalue weighted by Crippen LogP contribution is -1.97. The molecule has 4 nitrogen and oxygen atoms in total. The predicted octanol–water partition coefficient (Wildman–Crippen LogP) is 4.21. The normalized spacial score (nSPS) is 11.4. The Morgan fingerprint density at radius 3 is 2.77 bits per heavy atom. The van der Waals surface area contributed by atoms with Gasteiger partial charge in [0.15, 0.2) is 11.3 Å². The molecule has 0 aliphatic carbocycles. The lowest BCUT2D eigenvalue weighted by Gasteiger charge is -2.08. The number of pyridine rings is 1. The third kappa shape index (κ3) is 2.04. The standard InChI is InChI=1S/C17H13ClN4/c1-10-4-3-5-12(6-10)14-8-13-9-19-15-7-11(2)21-22(15)17(13)20-16(14)18/h3-9H,1-2H3. The second-order valence-electron chi connectivity index (χ2n) is 5.42. The number of nitrogens with zero attached hydrogens (tertiary/aromatic N) is 4. The Balaban J connectivity index is 2.02. The molecular weight excluding hydrogens is 296 g/mol. The Kier molecular flexibility index (Phi) is 2.87. The first-order valence-corrected chi connectivity index (χ1v) is 7.38. The molecule has 3 aromatic heterocycles. The number of benzene rings is 1. The largest absolute Gasteiger partial charge is 0.236 e. The highest BCUT2D eigenvalue weighted by molar-refractivity contribution is 6.32. The molecule has 108 valence electrons. The number of halogens is 1. The van der Waals surface area contributed by atoms with E-state index in [1.807, 2.05) is 37.4 Å². The van der Waals surface area contributed by atoms with Crippen molar-refractivity contribution < 1.29 is 0 Å². The number of aryl methyl sites for hydroxylation is 2. The minimum absolute atomic E-state index is 0.471. The molecule has 0 aliphatic rings. The molecule has 5 heteroatoms. The highest BCUT2D eigenvalue weighted by atomic mass is 35.5. The van der Waals surface area contributed by atoms with Gasteiger partial charge in [-0.25, -0.2) is 9.97 Å². The molecular formula is C17H13ClN4. The van der Waals surface area contributed by atoms with Gasteiger partial charge in [-0.15, -0.1) is 0 Å². The molecule has 0 N–H and O–H groups in total. The fourth-order valence-electron chi connectivity index (χ4n) is 2.65.